The third kappa shape index (κ3) is 4.44. The molecule has 0 saturated heterocycles. The lowest BCUT2D eigenvalue weighted by molar-refractivity contribution is 0.0592. The van der Waals surface area contributed by atoms with E-state index in [0.29, 0.717) is 0 Å². The Morgan fingerprint density at radius 2 is 1.62 bits per heavy atom. The van der Waals surface area contributed by atoms with Crippen molar-refractivity contribution in [1.82, 2.24) is 8.87 Å². The summed E-state index contributed by atoms with van der Waals surface area (Å²) < 4.78 is 36.7. The molecular weight excluding hydrogens is 452 g/mol. The van der Waals surface area contributed by atoms with Gasteiger partial charge in [0.1, 0.15) is 11.0 Å². The molecule has 2 N–H and O–H groups in total. The van der Waals surface area contributed by atoms with Gasteiger partial charge in [0.25, 0.3) is 0 Å². The molecule has 0 amide bonds. The highest BCUT2D eigenvalue weighted by Crippen LogP contribution is 2.37. The van der Waals surface area contributed by atoms with Crippen LogP contribution in [-0.4, -0.2) is 42.5 Å². The first-order chi connectivity index (χ1) is 16.4. The number of carbonyl (C=O) groups excluding carboxylic acids is 1. The molecule has 182 valence electrons. The zero-order valence-corrected chi connectivity index (χ0v) is 20.4. The molecular formula is C25H32N4O4S. The van der Waals surface area contributed by atoms with Crippen molar-refractivity contribution in [3.8, 4) is 11.8 Å². The highest BCUT2D eigenvalue weighted by Gasteiger charge is 2.39. The van der Waals surface area contributed by atoms with Crippen LogP contribution in [0.5, 0.6) is 0 Å². The summed E-state index contributed by atoms with van der Waals surface area (Å²) in [6, 6.07) is 8.53. The summed E-state index contributed by atoms with van der Waals surface area (Å²) in [6.07, 6.45) is 11.2. The van der Waals surface area contributed by atoms with Gasteiger partial charge >= 0.3 is 5.97 Å². The van der Waals surface area contributed by atoms with Crippen LogP contribution in [-0.2, 0) is 14.8 Å². The molecule has 2 saturated carbocycles. The molecule has 0 unspecified atom stereocenters. The third-order valence-electron chi connectivity index (χ3n) is 7.09. The van der Waals surface area contributed by atoms with E-state index in [1.807, 2.05) is 6.07 Å². The Kier molecular flexibility index (Phi) is 7.29. The lowest BCUT2D eigenvalue weighted by atomic mass is 9.91. The molecule has 0 aliphatic heterocycles. The Balaban J connectivity index is 1.87. The first-order valence-electron chi connectivity index (χ1n) is 12.0. The van der Waals surface area contributed by atoms with Gasteiger partial charge in [-0.15, -0.1) is 0 Å². The van der Waals surface area contributed by atoms with Gasteiger partial charge in [-0.05, 0) is 37.8 Å². The molecule has 0 bridgehead atoms. The van der Waals surface area contributed by atoms with Crippen LogP contribution in [0.1, 0.15) is 80.3 Å². The van der Waals surface area contributed by atoms with Crippen LogP contribution < -0.4 is 5.73 Å². The SMILES string of the molecule is COC(=O)c1c(N)c(C#N)cn1-c1ccccc1S(=O)(=O)N(C1CCCCC1)C1CCCCC1. The van der Waals surface area contributed by atoms with E-state index in [9.17, 15) is 18.5 Å². The molecule has 8 nitrogen and oxygen atoms in total. The second-order valence-corrected chi connectivity index (χ2v) is 11.0. The van der Waals surface area contributed by atoms with Crippen molar-refractivity contribution in [2.24, 2.45) is 0 Å². The summed E-state index contributed by atoms with van der Waals surface area (Å²) in [5.41, 5.74) is 6.37. The second kappa shape index (κ2) is 10.2. The number of esters is 1. The first kappa shape index (κ1) is 24.3. The van der Waals surface area contributed by atoms with E-state index in [1.165, 1.54) is 17.9 Å². The van der Waals surface area contributed by atoms with Gasteiger partial charge in [-0.3, -0.25) is 0 Å². The monoisotopic (exact) mass is 484 g/mol. The van der Waals surface area contributed by atoms with E-state index in [4.69, 9.17) is 10.5 Å². The zero-order valence-electron chi connectivity index (χ0n) is 19.6. The maximum atomic E-state index is 14.3. The lowest BCUT2D eigenvalue weighted by Gasteiger charge is -2.40. The molecule has 1 aromatic heterocycles. The minimum absolute atomic E-state index is 0.0283. The standard InChI is InChI=1S/C25H32N4O4S/c1-33-25(30)24-23(27)18(16-26)17-28(24)21-14-8-9-15-22(21)34(31,32)29(19-10-4-2-5-11-19)20-12-6-3-7-13-20/h8-9,14-15,17,19-20H,2-7,10-13,27H2,1H3. The number of anilines is 1. The Labute approximate surface area is 201 Å². The maximum absolute atomic E-state index is 14.3. The fraction of sp³-hybridized carbons (Fsp3) is 0.520. The molecule has 2 aliphatic rings. The molecule has 0 radical (unpaired) electrons. The topological polar surface area (TPSA) is 118 Å². The van der Waals surface area contributed by atoms with Crippen LogP contribution in [0, 0.1) is 11.3 Å². The van der Waals surface area contributed by atoms with Crippen molar-refractivity contribution in [3.63, 3.8) is 0 Å². The van der Waals surface area contributed by atoms with Gasteiger partial charge in [0.2, 0.25) is 10.0 Å². The van der Waals surface area contributed by atoms with Crippen LogP contribution in [0.25, 0.3) is 5.69 Å². The normalized spacial score (nSPS) is 18.0. The summed E-state index contributed by atoms with van der Waals surface area (Å²) >= 11 is 0. The number of ether oxygens (including phenoxy) is 1. The predicted molar refractivity (Wildman–Crippen MR) is 129 cm³/mol. The summed E-state index contributed by atoms with van der Waals surface area (Å²) in [7, 11) is -2.68. The molecule has 4 rings (SSSR count). The Morgan fingerprint density at radius 3 is 2.15 bits per heavy atom. The smallest absolute Gasteiger partial charge is 0.357 e. The maximum Gasteiger partial charge on any atom is 0.357 e. The van der Waals surface area contributed by atoms with E-state index in [0.717, 1.165) is 64.2 Å². The van der Waals surface area contributed by atoms with Crippen LogP contribution in [0.2, 0.25) is 0 Å². The number of carbonyl (C=O) groups is 1. The Bertz CT molecular complexity index is 1170. The number of hydrogen-bond donors (Lipinski definition) is 1. The van der Waals surface area contributed by atoms with E-state index in [1.54, 1.807) is 28.6 Å². The van der Waals surface area contributed by atoms with Crippen molar-refractivity contribution in [2.75, 3.05) is 12.8 Å². The van der Waals surface area contributed by atoms with Crippen LogP contribution in [0.3, 0.4) is 0 Å². The number of rotatable bonds is 6. The minimum atomic E-state index is -3.90. The molecule has 0 spiro atoms. The molecule has 34 heavy (non-hydrogen) atoms. The van der Waals surface area contributed by atoms with Gasteiger partial charge in [0.15, 0.2) is 5.69 Å². The van der Waals surface area contributed by atoms with Gasteiger partial charge in [-0.25, -0.2) is 13.2 Å². The van der Waals surface area contributed by atoms with Crippen molar-refractivity contribution in [1.29, 1.82) is 5.26 Å². The molecule has 0 atom stereocenters. The van der Waals surface area contributed by atoms with Gasteiger partial charge in [0.05, 0.1) is 24.0 Å². The first-order valence-corrected chi connectivity index (χ1v) is 13.5. The molecule has 9 heteroatoms. The van der Waals surface area contributed by atoms with E-state index < -0.39 is 16.0 Å². The van der Waals surface area contributed by atoms with Gasteiger partial charge < -0.3 is 15.0 Å². The van der Waals surface area contributed by atoms with Crippen molar-refractivity contribution < 1.29 is 17.9 Å². The second-order valence-electron chi connectivity index (χ2n) is 9.16. The average molecular weight is 485 g/mol. The Morgan fingerprint density at radius 1 is 1.06 bits per heavy atom. The van der Waals surface area contributed by atoms with E-state index in [-0.39, 0.29) is 39.6 Å². The summed E-state index contributed by atoms with van der Waals surface area (Å²) in [4.78, 5) is 12.7. The Hall–Kier alpha value is -2.83. The van der Waals surface area contributed by atoms with Crippen LogP contribution in [0.15, 0.2) is 35.4 Å². The minimum Gasteiger partial charge on any atom is -0.464 e. The number of methoxy groups -OCH3 is 1. The largest absolute Gasteiger partial charge is 0.464 e. The highest BCUT2D eigenvalue weighted by molar-refractivity contribution is 7.89. The number of sulfonamides is 1. The fourth-order valence-electron chi connectivity index (χ4n) is 5.45. The van der Waals surface area contributed by atoms with Gasteiger partial charge in [-0.2, -0.15) is 9.57 Å². The van der Waals surface area contributed by atoms with Crippen LogP contribution >= 0.6 is 0 Å². The number of nitriles is 1. The molecule has 2 aliphatic carbocycles. The summed E-state index contributed by atoms with van der Waals surface area (Å²) in [6.45, 7) is 0. The quantitative estimate of drug-likeness (QED) is 0.608. The molecule has 1 heterocycles. The molecule has 2 fully saturated rings. The van der Waals surface area contributed by atoms with Crippen molar-refractivity contribution >= 4 is 21.7 Å². The van der Waals surface area contributed by atoms with Crippen molar-refractivity contribution in [2.45, 2.75) is 81.2 Å². The fourth-order valence-corrected chi connectivity index (χ4v) is 7.57. The van der Waals surface area contributed by atoms with E-state index >= 15 is 0 Å². The number of nitrogens with zero attached hydrogens (tertiary/aromatic N) is 3. The number of benzene rings is 1. The molecule has 1 aromatic carbocycles. The predicted octanol–water partition coefficient (Wildman–Crippen LogP) is 4.37. The van der Waals surface area contributed by atoms with Crippen molar-refractivity contribution in [3.05, 3.63) is 41.7 Å². The van der Waals surface area contributed by atoms with Gasteiger partial charge in [-0.1, -0.05) is 50.7 Å². The number of nitrogen functional groups attached to an aromatic ring is 1. The highest BCUT2D eigenvalue weighted by atomic mass is 32.2. The number of hydrogen-bond acceptors (Lipinski definition) is 6. The van der Waals surface area contributed by atoms with E-state index in [2.05, 4.69) is 0 Å². The summed E-state index contributed by atoms with van der Waals surface area (Å²) in [5, 5.41) is 9.49. The number of para-hydroxylation sites is 1. The van der Waals surface area contributed by atoms with Gasteiger partial charge in [0, 0.05) is 18.3 Å². The zero-order chi connectivity index (χ0) is 24.3. The lowest BCUT2D eigenvalue weighted by Crippen LogP contribution is -2.48. The third-order valence-corrected chi connectivity index (χ3v) is 9.15. The molecule has 2 aromatic rings. The number of aromatic nitrogens is 1. The summed E-state index contributed by atoms with van der Waals surface area (Å²) in [5.74, 6) is -0.734. The average Bonchev–Trinajstić information content (AvgIpc) is 3.21. The van der Waals surface area contributed by atoms with Crippen LogP contribution in [0.4, 0.5) is 5.69 Å². The number of nitrogens with two attached hydrogens (primary N) is 1.